The molecule has 6 heteroatoms. The minimum Gasteiger partial charge on any atom is -0.497 e. The van der Waals surface area contributed by atoms with Gasteiger partial charge in [0.05, 0.1) is 20.8 Å². The minimum absolute atomic E-state index is 0.222. The van der Waals surface area contributed by atoms with Gasteiger partial charge >= 0.3 is 0 Å². The van der Waals surface area contributed by atoms with Crippen molar-refractivity contribution < 1.29 is 14.3 Å². The molecule has 2 fully saturated rings. The zero-order valence-corrected chi connectivity index (χ0v) is 15.3. The molecule has 1 aliphatic carbocycles. The van der Waals surface area contributed by atoms with Crippen molar-refractivity contribution in [3.63, 3.8) is 0 Å². The van der Waals surface area contributed by atoms with Gasteiger partial charge in [-0.2, -0.15) is 0 Å². The van der Waals surface area contributed by atoms with Gasteiger partial charge in [-0.25, -0.2) is 0 Å². The molecule has 1 heterocycles. The lowest BCUT2D eigenvalue weighted by Crippen LogP contribution is -2.50. The van der Waals surface area contributed by atoms with Crippen LogP contribution in [0.3, 0.4) is 0 Å². The second-order valence-corrected chi connectivity index (χ2v) is 6.91. The van der Waals surface area contributed by atoms with Crippen LogP contribution in [-0.2, 0) is 11.3 Å². The smallest absolute Gasteiger partial charge is 0.236 e. The maximum Gasteiger partial charge on any atom is 0.236 e. The Kier molecular flexibility index (Phi) is 6.15. The van der Waals surface area contributed by atoms with Crippen molar-refractivity contribution in [2.45, 2.75) is 19.4 Å². The van der Waals surface area contributed by atoms with Gasteiger partial charge in [-0.3, -0.25) is 9.69 Å². The van der Waals surface area contributed by atoms with E-state index in [1.165, 1.54) is 12.8 Å². The van der Waals surface area contributed by atoms with Crippen LogP contribution in [0, 0.1) is 5.92 Å². The summed E-state index contributed by atoms with van der Waals surface area (Å²) in [6.07, 6.45) is 2.63. The average Bonchev–Trinajstić information content (AvgIpc) is 3.46. The molecular weight excluding hydrogens is 318 g/mol. The topological polar surface area (TPSA) is 54.0 Å². The lowest BCUT2D eigenvalue weighted by molar-refractivity contribution is -0.132. The average molecular weight is 347 g/mol. The number of ether oxygens (including phenoxy) is 2. The van der Waals surface area contributed by atoms with Crippen molar-refractivity contribution in [1.29, 1.82) is 0 Å². The molecule has 3 rings (SSSR count). The van der Waals surface area contributed by atoms with Crippen molar-refractivity contribution in [3.05, 3.63) is 23.8 Å². The van der Waals surface area contributed by atoms with Crippen LogP contribution in [0.15, 0.2) is 18.2 Å². The predicted octanol–water partition coefficient (Wildman–Crippen LogP) is 1.35. The standard InChI is InChI=1S/C19H29N3O3/c1-24-17-5-6-18(25-2)16(11-17)14-21-7-9-22(10-8-21)19(23)13-20-12-15-3-4-15/h5-6,11,15,20H,3-4,7-10,12-14H2,1-2H3. The summed E-state index contributed by atoms with van der Waals surface area (Å²) < 4.78 is 10.8. The maximum absolute atomic E-state index is 12.3. The number of nitrogens with one attached hydrogen (secondary N) is 1. The molecule has 1 amide bonds. The highest BCUT2D eigenvalue weighted by Gasteiger charge is 2.24. The highest BCUT2D eigenvalue weighted by atomic mass is 16.5. The fourth-order valence-corrected chi connectivity index (χ4v) is 3.22. The molecular formula is C19H29N3O3. The van der Waals surface area contributed by atoms with Crippen LogP contribution in [0.4, 0.5) is 0 Å². The normalized spacial score (nSPS) is 18.2. The van der Waals surface area contributed by atoms with E-state index in [4.69, 9.17) is 9.47 Å². The third-order valence-electron chi connectivity index (χ3n) is 5.01. The van der Waals surface area contributed by atoms with Crippen molar-refractivity contribution in [3.8, 4) is 11.5 Å². The van der Waals surface area contributed by atoms with Gasteiger partial charge in [0.2, 0.25) is 5.91 Å². The van der Waals surface area contributed by atoms with E-state index in [-0.39, 0.29) is 5.91 Å². The van der Waals surface area contributed by atoms with Crippen molar-refractivity contribution in [2.75, 3.05) is 53.5 Å². The predicted molar refractivity (Wildman–Crippen MR) is 97.0 cm³/mol. The van der Waals surface area contributed by atoms with Crippen molar-refractivity contribution in [1.82, 2.24) is 15.1 Å². The van der Waals surface area contributed by atoms with Crippen LogP contribution in [0.5, 0.6) is 11.5 Å². The zero-order chi connectivity index (χ0) is 17.6. The molecule has 1 aliphatic heterocycles. The first-order valence-corrected chi connectivity index (χ1v) is 9.11. The number of carbonyl (C=O) groups excluding carboxylic acids is 1. The van der Waals surface area contributed by atoms with E-state index in [0.717, 1.165) is 62.2 Å². The summed E-state index contributed by atoms with van der Waals surface area (Å²) in [5.41, 5.74) is 1.12. The highest BCUT2D eigenvalue weighted by molar-refractivity contribution is 5.78. The van der Waals surface area contributed by atoms with Crippen LogP contribution in [-0.4, -0.2) is 69.2 Å². The van der Waals surface area contributed by atoms with Gasteiger partial charge in [0.15, 0.2) is 0 Å². The Bertz CT molecular complexity index is 581. The molecule has 0 unspecified atom stereocenters. The molecule has 2 aliphatic rings. The van der Waals surface area contributed by atoms with Gasteiger partial charge < -0.3 is 19.7 Å². The summed E-state index contributed by atoms with van der Waals surface area (Å²) in [5.74, 6) is 2.75. The number of hydrogen-bond acceptors (Lipinski definition) is 5. The summed E-state index contributed by atoms with van der Waals surface area (Å²) in [4.78, 5) is 16.6. The summed E-state index contributed by atoms with van der Waals surface area (Å²) in [6, 6.07) is 5.88. The van der Waals surface area contributed by atoms with Crippen molar-refractivity contribution in [2.24, 2.45) is 5.92 Å². The lowest BCUT2D eigenvalue weighted by Gasteiger charge is -2.35. The number of carbonyl (C=O) groups is 1. The van der Waals surface area contributed by atoms with Gasteiger partial charge in [0.1, 0.15) is 11.5 Å². The quantitative estimate of drug-likeness (QED) is 0.769. The molecule has 0 spiro atoms. The minimum atomic E-state index is 0.222. The number of amides is 1. The van der Waals surface area contributed by atoms with Gasteiger partial charge in [-0.15, -0.1) is 0 Å². The van der Waals surface area contributed by atoms with Gasteiger partial charge in [-0.1, -0.05) is 0 Å². The van der Waals surface area contributed by atoms with E-state index in [1.807, 2.05) is 23.1 Å². The van der Waals surface area contributed by atoms with Gasteiger partial charge in [0, 0.05) is 38.3 Å². The van der Waals surface area contributed by atoms with Gasteiger partial charge in [0.25, 0.3) is 0 Å². The molecule has 1 saturated carbocycles. The first-order valence-electron chi connectivity index (χ1n) is 9.11. The molecule has 0 atom stereocenters. The first kappa shape index (κ1) is 18.0. The van der Waals surface area contributed by atoms with E-state index >= 15 is 0 Å². The number of rotatable bonds is 8. The summed E-state index contributed by atoms with van der Waals surface area (Å²) >= 11 is 0. The second-order valence-electron chi connectivity index (χ2n) is 6.91. The molecule has 138 valence electrons. The van der Waals surface area contributed by atoms with Crippen LogP contribution < -0.4 is 14.8 Å². The van der Waals surface area contributed by atoms with Crippen LogP contribution >= 0.6 is 0 Å². The largest absolute Gasteiger partial charge is 0.497 e. The second kappa shape index (κ2) is 8.54. The Morgan fingerprint density at radius 2 is 1.92 bits per heavy atom. The Morgan fingerprint density at radius 3 is 2.56 bits per heavy atom. The summed E-state index contributed by atoms with van der Waals surface area (Å²) in [5, 5.41) is 3.29. The Hall–Kier alpha value is -1.79. The van der Waals surface area contributed by atoms with Crippen LogP contribution in [0.25, 0.3) is 0 Å². The third-order valence-corrected chi connectivity index (χ3v) is 5.01. The summed E-state index contributed by atoms with van der Waals surface area (Å²) in [7, 11) is 3.36. The molecule has 25 heavy (non-hydrogen) atoms. The van der Waals surface area contributed by atoms with E-state index < -0.39 is 0 Å². The van der Waals surface area contributed by atoms with Crippen LogP contribution in [0.1, 0.15) is 18.4 Å². The van der Waals surface area contributed by atoms with E-state index in [1.54, 1.807) is 14.2 Å². The SMILES string of the molecule is COc1ccc(OC)c(CN2CCN(C(=O)CNCC3CC3)CC2)c1. The molecule has 0 bridgehead atoms. The Morgan fingerprint density at radius 1 is 1.16 bits per heavy atom. The number of methoxy groups -OCH3 is 2. The fraction of sp³-hybridized carbons (Fsp3) is 0.632. The summed E-state index contributed by atoms with van der Waals surface area (Å²) in [6.45, 7) is 5.61. The highest BCUT2D eigenvalue weighted by Crippen LogP contribution is 2.27. The molecule has 1 aromatic carbocycles. The lowest BCUT2D eigenvalue weighted by atomic mass is 10.1. The first-order chi connectivity index (χ1) is 12.2. The zero-order valence-electron chi connectivity index (χ0n) is 15.3. The molecule has 6 nitrogen and oxygen atoms in total. The van der Waals surface area contributed by atoms with E-state index in [9.17, 15) is 4.79 Å². The third kappa shape index (κ3) is 5.09. The molecule has 0 aromatic heterocycles. The number of benzene rings is 1. The maximum atomic E-state index is 12.3. The van der Waals surface area contributed by atoms with Crippen molar-refractivity contribution >= 4 is 5.91 Å². The molecule has 1 saturated heterocycles. The molecule has 1 N–H and O–H groups in total. The number of hydrogen-bond donors (Lipinski definition) is 1. The van der Waals surface area contributed by atoms with E-state index in [0.29, 0.717) is 6.54 Å². The number of piperazine rings is 1. The monoisotopic (exact) mass is 347 g/mol. The molecule has 0 radical (unpaired) electrons. The molecule has 1 aromatic rings. The Labute approximate surface area is 150 Å². The Balaban J connectivity index is 1.46. The number of nitrogens with zero attached hydrogens (tertiary/aromatic N) is 2. The van der Waals surface area contributed by atoms with E-state index in [2.05, 4.69) is 10.2 Å². The van der Waals surface area contributed by atoms with Gasteiger partial charge in [-0.05, 0) is 43.5 Å². The van der Waals surface area contributed by atoms with Crippen LogP contribution in [0.2, 0.25) is 0 Å². The fourth-order valence-electron chi connectivity index (χ4n) is 3.22.